The van der Waals surface area contributed by atoms with Crippen molar-refractivity contribution in [2.24, 2.45) is 5.41 Å². The Hall–Kier alpha value is -1.31. The first-order valence-corrected chi connectivity index (χ1v) is 6.13. The first-order chi connectivity index (χ1) is 7.76. The topological polar surface area (TPSA) is 20.3 Å². The zero-order valence-corrected chi connectivity index (χ0v) is 11.4. The lowest BCUT2D eigenvalue weighted by atomic mass is 9.71. The number of likely N-dealkylation sites (N-methyl/N-ethyl adjacent to an activating group) is 1. The maximum absolute atomic E-state index is 12.5. The predicted molar refractivity (Wildman–Crippen MR) is 71.3 cm³/mol. The summed E-state index contributed by atoms with van der Waals surface area (Å²) < 4.78 is 0. The molecule has 1 aliphatic rings. The quantitative estimate of drug-likeness (QED) is 0.725. The third-order valence-corrected chi connectivity index (χ3v) is 3.52. The van der Waals surface area contributed by atoms with Crippen LogP contribution in [0.4, 0.5) is 5.69 Å². The zero-order chi connectivity index (χ0) is 12.8. The highest BCUT2D eigenvalue weighted by Crippen LogP contribution is 2.46. The number of para-hydroxylation sites is 1. The number of anilines is 1. The standard InChI is InChI=1S/C15H21NO/c1-14(2,3)10-15(4)11-8-6-7-9-12(11)16(5)13(15)17/h6-9H,10H2,1-5H3/t15-/m0/s1. The molecule has 1 amide bonds. The van der Waals surface area contributed by atoms with Crippen LogP contribution in [0.1, 0.15) is 39.7 Å². The van der Waals surface area contributed by atoms with Gasteiger partial charge in [0.2, 0.25) is 5.91 Å². The highest BCUT2D eigenvalue weighted by molar-refractivity contribution is 6.07. The number of hydrogen-bond donors (Lipinski definition) is 0. The van der Waals surface area contributed by atoms with Crippen molar-refractivity contribution in [2.45, 2.75) is 39.5 Å². The van der Waals surface area contributed by atoms with Gasteiger partial charge in [0.05, 0.1) is 5.41 Å². The maximum Gasteiger partial charge on any atom is 0.237 e. The summed E-state index contributed by atoms with van der Waals surface area (Å²) in [4.78, 5) is 14.3. The van der Waals surface area contributed by atoms with E-state index >= 15 is 0 Å². The molecule has 1 aromatic rings. The largest absolute Gasteiger partial charge is 0.314 e. The predicted octanol–water partition coefficient (Wildman–Crippen LogP) is 3.36. The van der Waals surface area contributed by atoms with E-state index in [0.717, 1.165) is 12.1 Å². The van der Waals surface area contributed by atoms with Gasteiger partial charge in [0, 0.05) is 12.7 Å². The van der Waals surface area contributed by atoms with Crippen molar-refractivity contribution in [1.82, 2.24) is 0 Å². The van der Waals surface area contributed by atoms with Gasteiger partial charge in [0.15, 0.2) is 0 Å². The summed E-state index contributed by atoms with van der Waals surface area (Å²) in [6.07, 6.45) is 0.875. The molecule has 1 heterocycles. The molecule has 0 N–H and O–H groups in total. The van der Waals surface area contributed by atoms with Crippen LogP contribution in [0.5, 0.6) is 0 Å². The van der Waals surface area contributed by atoms with Crippen LogP contribution in [-0.4, -0.2) is 13.0 Å². The van der Waals surface area contributed by atoms with Crippen LogP contribution in [0.15, 0.2) is 24.3 Å². The van der Waals surface area contributed by atoms with Gasteiger partial charge < -0.3 is 4.90 Å². The Morgan fingerprint density at radius 1 is 1.24 bits per heavy atom. The number of nitrogens with zero attached hydrogens (tertiary/aromatic N) is 1. The molecule has 0 unspecified atom stereocenters. The van der Waals surface area contributed by atoms with Crippen molar-refractivity contribution in [3.05, 3.63) is 29.8 Å². The normalized spacial score (nSPS) is 24.1. The Bertz CT molecular complexity index is 458. The molecule has 2 heteroatoms. The molecular formula is C15H21NO. The number of fused-ring (bicyclic) bond motifs is 1. The van der Waals surface area contributed by atoms with Crippen LogP contribution in [-0.2, 0) is 10.2 Å². The molecule has 0 radical (unpaired) electrons. The van der Waals surface area contributed by atoms with Gasteiger partial charge in [-0.05, 0) is 30.4 Å². The van der Waals surface area contributed by atoms with Gasteiger partial charge in [-0.1, -0.05) is 39.0 Å². The smallest absolute Gasteiger partial charge is 0.237 e. The molecule has 1 aromatic carbocycles. The summed E-state index contributed by atoms with van der Waals surface area (Å²) in [5.41, 5.74) is 2.00. The Morgan fingerprint density at radius 2 is 1.82 bits per heavy atom. The fourth-order valence-corrected chi connectivity index (χ4v) is 3.06. The molecule has 92 valence electrons. The van der Waals surface area contributed by atoms with Gasteiger partial charge in [-0.25, -0.2) is 0 Å². The highest BCUT2D eigenvalue weighted by Gasteiger charge is 2.47. The van der Waals surface area contributed by atoms with Gasteiger partial charge >= 0.3 is 0 Å². The highest BCUT2D eigenvalue weighted by atomic mass is 16.2. The van der Waals surface area contributed by atoms with E-state index in [0.29, 0.717) is 0 Å². The van der Waals surface area contributed by atoms with Gasteiger partial charge in [0.1, 0.15) is 0 Å². The molecule has 0 fully saturated rings. The second-order valence-electron chi connectivity index (χ2n) is 6.45. The minimum Gasteiger partial charge on any atom is -0.314 e. The van der Waals surface area contributed by atoms with Crippen LogP contribution < -0.4 is 4.90 Å². The van der Waals surface area contributed by atoms with E-state index in [9.17, 15) is 4.79 Å². The van der Waals surface area contributed by atoms with Crippen molar-refractivity contribution in [3.8, 4) is 0 Å². The lowest BCUT2D eigenvalue weighted by Gasteiger charge is -2.31. The number of carbonyl (C=O) groups is 1. The van der Waals surface area contributed by atoms with E-state index in [-0.39, 0.29) is 16.7 Å². The molecule has 1 atom stereocenters. The summed E-state index contributed by atoms with van der Waals surface area (Å²) in [5, 5.41) is 0. The van der Waals surface area contributed by atoms with E-state index in [1.54, 1.807) is 4.90 Å². The second kappa shape index (κ2) is 3.59. The monoisotopic (exact) mass is 231 g/mol. The maximum atomic E-state index is 12.5. The first kappa shape index (κ1) is 12.2. The van der Waals surface area contributed by atoms with E-state index in [1.807, 2.05) is 25.2 Å². The molecule has 0 saturated heterocycles. The number of amides is 1. The molecule has 0 saturated carbocycles. The Labute approximate surface area is 104 Å². The van der Waals surface area contributed by atoms with Crippen molar-refractivity contribution < 1.29 is 4.79 Å². The molecule has 0 bridgehead atoms. The minimum absolute atomic E-state index is 0.142. The van der Waals surface area contributed by atoms with Crippen LogP contribution in [0.25, 0.3) is 0 Å². The zero-order valence-electron chi connectivity index (χ0n) is 11.4. The first-order valence-electron chi connectivity index (χ1n) is 6.13. The average molecular weight is 231 g/mol. The van der Waals surface area contributed by atoms with Crippen LogP contribution in [0.2, 0.25) is 0 Å². The lowest BCUT2D eigenvalue weighted by molar-refractivity contribution is -0.123. The Balaban J connectivity index is 2.52. The summed E-state index contributed by atoms with van der Waals surface area (Å²) >= 11 is 0. The van der Waals surface area contributed by atoms with E-state index in [4.69, 9.17) is 0 Å². The molecule has 0 spiro atoms. The lowest BCUT2D eigenvalue weighted by Crippen LogP contribution is -2.38. The Kier molecular flexibility index (Phi) is 2.57. The third kappa shape index (κ3) is 1.86. The number of carbonyl (C=O) groups excluding carboxylic acids is 1. The number of rotatable bonds is 1. The molecule has 2 nitrogen and oxygen atoms in total. The third-order valence-electron chi connectivity index (χ3n) is 3.52. The van der Waals surface area contributed by atoms with E-state index in [2.05, 4.69) is 33.8 Å². The van der Waals surface area contributed by atoms with Crippen LogP contribution in [0.3, 0.4) is 0 Å². The van der Waals surface area contributed by atoms with Crippen molar-refractivity contribution in [3.63, 3.8) is 0 Å². The minimum atomic E-state index is -0.371. The summed E-state index contributed by atoms with van der Waals surface area (Å²) in [6.45, 7) is 8.63. The van der Waals surface area contributed by atoms with Crippen molar-refractivity contribution >= 4 is 11.6 Å². The Morgan fingerprint density at radius 3 is 2.41 bits per heavy atom. The van der Waals surface area contributed by atoms with E-state index in [1.165, 1.54) is 5.56 Å². The van der Waals surface area contributed by atoms with Crippen molar-refractivity contribution in [1.29, 1.82) is 0 Å². The van der Waals surface area contributed by atoms with Gasteiger partial charge in [-0.3, -0.25) is 4.79 Å². The SMILES string of the molecule is CN1C(=O)[C@@](C)(CC(C)(C)C)c2ccccc21. The van der Waals surface area contributed by atoms with Crippen molar-refractivity contribution in [2.75, 3.05) is 11.9 Å². The van der Waals surface area contributed by atoms with Gasteiger partial charge in [0.25, 0.3) is 0 Å². The van der Waals surface area contributed by atoms with Gasteiger partial charge in [-0.15, -0.1) is 0 Å². The van der Waals surface area contributed by atoms with E-state index < -0.39 is 0 Å². The fraction of sp³-hybridized carbons (Fsp3) is 0.533. The van der Waals surface area contributed by atoms with Crippen LogP contribution in [0, 0.1) is 5.41 Å². The van der Waals surface area contributed by atoms with Crippen LogP contribution >= 0.6 is 0 Å². The molecular weight excluding hydrogens is 210 g/mol. The summed E-state index contributed by atoms with van der Waals surface area (Å²) in [5.74, 6) is 0.216. The molecule has 1 aliphatic heterocycles. The molecule has 0 aromatic heterocycles. The number of benzene rings is 1. The average Bonchev–Trinajstić information content (AvgIpc) is 2.40. The van der Waals surface area contributed by atoms with Gasteiger partial charge in [-0.2, -0.15) is 0 Å². The number of hydrogen-bond acceptors (Lipinski definition) is 1. The summed E-state index contributed by atoms with van der Waals surface area (Å²) in [6, 6.07) is 8.13. The second-order valence-corrected chi connectivity index (χ2v) is 6.45. The molecule has 17 heavy (non-hydrogen) atoms. The fourth-order valence-electron chi connectivity index (χ4n) is 3.06. The summed E-state index contributed by atoms with van der Waals surface area (Å²) in [7, 11) is 1.87. The molecule has 0 aliphatic carbocycles. The molecule has 2 rings (SSSR count).